The number of hydrogen-bond acceptors (Lipinski definition) is 3. The molecule has 0 amide bonds. The van der Waals surface area contributed by atoms with E-state index in [0.717, 1.165) is 22.8 Å². The first-order valence-corrected chi connectivity index (χ1v) is 6.12. The van der Waals surface area contributed by atoms with Crippen molar-refractivity contribution in [3.63, 3.8) is 0 Å². The summed E-state index contributed by atoms with van der Waals surface area (Å²) in [5, 5.41) is 0.661. The number of methoxy groups -OCH3 is 1. The first kappa shape index (κ1) is 12.9. The molecule has 0 bridgehead atoms. The van der Waals surface area contributed by atoms with E-state index < -0.39 is 0 Å². The van der Waals surface area contributed by atoms with E-state index in [1.807, 2.05) is 19.1 Å². The van der Waals surface area contributed by atoms with Crippen LogP contribution in [0.3, 0.4) is 0 Å². The molecule has 0 saturated carbocycles. The molecule has 0 aliphatic heterocycles. The average molecular weight is 266 g/mol. The Morgan fingerprint density at radius 3 is 2.94 bits per heavy atom. The highest BCUT2D eigenvalue weighted by Gasteiger charge is 2.12. The first-order chi connectivity index (χ1) is 8.65. The normalized spacial score (nSPS) is 12.4. The second-order valence-corrected chi connectivity index (χ2v) is 4.60. The molecule has 3 N–H and O–H groups in total. The third-order valence-electron chi connectivity index (χ3n) is 2.87. The molecule has 5 heteroatoms. The van der Waals surface area contributed by atoms with E-state index in [1.54, 1.807) is 19.4 Å². The summed E-state index contributed by atoms with van der Waals surface area (Å²) in [6.45, 7) is 2.58. The summed E-state index contributed by atoms with van der Waals surface area (Å²) in [7, 11) is 1.63. The number of aromatic nitrogens is 2. The Kier molecular flexibility index (Phi) is 3.89. The van der Waals surface area contributed by atoms with Crippen LogP contribution in [0.25, 0.3) is 11.3 Å². The van der Waals surface area contributed by atoms with Gasteiger partial charge in [-0.15, -0.1) is 0 Å². The smallest absolute Gasteiger partial charge is 0.128 e. The molecule has 1 heterocycles. The summed E-state index contributed by atoms with van der Waals surface area (Å²) in [5.74, 6) is 1.83. The zero-order chi connectivity index (χ0) is 13.1. The predicted molar refractivity (Wildman–Crippen MR) is 73.1 cm³/mol. The van der Waals surface area contributed by atoms with Crippen molar-refractivity contribution in [3.8, 4) is 17.0 Å². The van der Waals surface area contributed by atoms with Gasteiger partial charge in [-0.1, -0.05) is 18.5 Å². The summed E-state index contributed by atoms with van der Waals surface area (Å²) >= 11 is 6.01. The van der Waals surface area contributed by atoms with Crippen molar-refractivity contribution in [2.24, 2.45) is 5.73 Å². The van der Waals surface area contributed by atoms with Crippen LogP contribution in [-0.4, -0.2) is 23.6 Å². The van der Waals surface area contributed by atoms with Crippen LogP contribution in [0.1, 0.15) is 18.7 Å². The van der Waals surface area contributed by atoms with Crippen molar-refractivity contribution in [2.45, 2.75) is 12.8 Å². The molecule has 0 radical (unpaired) electrons. The molecular weight excluding hydrogens is 250 g/mol. The van der Waals surface area contributed by atoms with E-state index >= 15 is 0 Å². The molecule has 1 aromatic carbocycles. The lowest BCUT2D eigenvalue weighted by atomic mass is 10.1. The van der Waals surface area contributed by atoms with Gasteiger partial charge in [0, 0.05) is 23.0 Å². The highest BCUT2D eigenvalue weighted by atomic mass is 35.5. The SMILES string of the molecule is COc1ccc(Cl)cc1-c1cnc(C(C)CN)[nH]1. The van der Waals surface area contributed by atoms with Gasteiger partial charge in [-0.3, -0.25) is 0 Å². The van der Waals surface area contributed by atoms with Gasteiger partial charge in [0.15, 0.2) is 0 Å². The summed E-state index contributed by atoms with van der Waals surface area (Å²) in [4.78, 5) is 7.59. The minimum absolute atomic E-state index is 0.198. The standard InChI is InChI=1S/C13H16ClN3O/c1-8(6-15)13-16-7-11(17-13)10-5-9(14)3-4-12(10)18-2/h3-5,7-8H,6,15H2,1-2H3,(H,16,17). The second kappa shape index (κ2) is 5.42. The van der Waals surface area contributed by atoms with Crippen LogP contribution in [0.15, 0.2) is 24.4 Å². The Morgan fingerprint density at radius 2 is 2.28 bits per heavy atom. The predicted octanol–water partition coefficient (Wildman–Crippen LogP) is 2.80. The molecule has 2 rings (SSSR count). The molecule has 0 saturated heterocycles. The number of nitrogens with two attached hydrogens (primary N) is 1. The summed E-state index contributed by atoms with van der Waals surface area (Å²) in [6.07, 6.45) is 1.77. The van der Waals surface area contributed by atoms with Gasteiger partial charge in [-0.2, -0.15) is 0 Å². The molecule has 1 aromatic heterocycles. The Morgan fingerprint density at radius 1 is 1.50 bits per heavy atom. The average Bonchev–Trinajstić information content (AvgIpc) is 2.87. The van der Waals surface area contributed by atoms with Gasteiger partial charge in [0.2, 0.25) is 0 Å². The molecule has 96 valence electrons. The second-order valence-electron chi connectivity index (χ2n) is 4.16. The quantitative estimate of drug-likeness (QED) is 0.893. The van der Waals surface area contributed by atoms with Crippen LogP contribution < -0.4 is 10.5 Å². The Bertz CT molecular complexity index is 539. The zero-order valence-corrected chi connectivity index (χ0v) is 11.2. The van der Waals surface area contributed by atoms with Gasteiger partial charge < -0.3 is 15.5 Å². The molecule has 0 aliphatic rings. The van der Waals surface area contributed by atoms with Crippen LogP contribution in [0, 0.1) is 0 Å². The highest BCUT2D eigenvalue weighted by Crippen LogP contribution is 2.31. The zero-order valence-electron chi connectivity index (χ0n) is 10.4. The lowest BCUT2D eigenvalue weighted by Gasteiger charge is -2.07. The van der Waals surface area contributed by atoms with Gasteiger partial charge in [0.1, 0.15) is 11.6 Å². The number of rotatable bonds is 4. The monoisotopic (exact) mass is 265 g/mol. The molecule has 18 heavy (non-hydrogen) atoms. The van der Waals surface area contributed by atoms with Crippen LogP contribution >= 0.6 is 11.6 Å². The first-order valence-electron chi connectivity index (χ1n) is 5.74. The Labute approximate surface area is 111 Å². The minimum atomic E-state index is 0.198. The van der Waals surface area contributed by atoms with Crippen molar-refractivity contribution < 1.29 is 4.74 Å². The molecule has 0 aliphatic carbocycles. The van der Waals surface area contributed by atoms with Crippen molar-refractivity contribution >= 4 is 11.6 Å². The summed E-state index contributed by atoms with van der Waals surface area (Å²) in [6, 6.07) is 5.49. The fourth-order valence-corrected chi connectivity index (χ4v) is 1.90. The fraction of sp³-hybridized carbons (Fsp3) is 0.308. The van der Waals surface area contributed by atoms with Crippen molar-refractivity contribution in [1.29, 1.82) is 0 Å². The van der Waals surface area contributed by atoms with E-state index in [4.69, 9.17) is 22.1 Å². The molecule has 0 spiro atoms. The maximum absolute atomic E-state index is 6.01. The number of ether oxygens (including phenoxy) is 1. The number of hydrogen-bond donors (Lipinski definition) is 2. The third kappa shape index (κ3) is 2.49. The van der Waals surface area contributed by atoms with Crippen molar-refractivity contribution in [3.05, 3.63) is 35.2 Å². The molecule has 2 aromatic rings. The third-order valence-corrected chi connectivity index (χ3v) is 3.10. The van der Waals surface area contributed by atoms with E-state index in [1.165, 1.54) is 0 Å². The maximum atomic E-state index is 6.01. The van der Waals surface area contributed by atoms with Crippen LogP contribution in [0.5, 0.6) is 5.75 Å². The number of nitrogens with zero attached hydrogens (tertiary/aromatic N) is 1. The molecule has 4 nitrogen and oxygen atoms in total. The lowest BCUT2D eigenvalue weighted by molar-refractivity contribution is 0.416. The van der Waals surface area contributed by atoms with Gasteiger partial charge in [-0.05, 0) is 18.2 Å². The van der Waals surface area contributed by atoms with Crippen LogP contribution in [-0.2, 0) is 0 Å². The fourth-order valence-electron chi connectivity index (χ4n) is 1.73. The number of nitrogens with one attached hydrogen (secondary N) is 1. The summed E-state index contributed by atoms with van der Waals surface area (Å²) in [5.41, 5.74) is 7.40. The number of halogens is 1. The number of benzene rings is 1. The Hall–Kier alpha value is -1.52. The molecule has 1 atom stereocenters. The molecule has 1 unspecified atom stereocenters. The van der Waals surface area contributed by atoms with Crippen molar-refractivity contribution in [1.82, 2.24) is 9.97 Å². The number of aromatic amines is 1. The lowest BCUT2D eigenvalue weighted by Crippen LogP contribution is -2.10. The van der Waals surface area contributed by atoms with E-state index in [0.29, 0.717) is 11.6 Å². The van der Waals surface area contributed by atoms with Gasteiger partial charge in [0.25, 0.3) is 0 Å². The van der Waals surface area contributed by atoms with Gasteiger partial charge >= 0.3 is 0 Å². The highest BCUT2D eigenvalue weighted by molar-refractivity contribution is 6.30. The minimum Gasteiger partial charge on any atom is -0.496 e. The summed E-state index contributed by atoms with van der Waals surface area (Å²) < 4.78 is 5.32. The van der Waals surface area contributed by atoms with Crippen LogP contribution in [0.4, 0.5) is 0 Å². The van der Waals surface area contributed by atoms with Crippen LogP contribution in [0.2, 0.25) is 5.02 Å². The number of H-pyrrole nitrogens is 1. The van der Waals surface area contributed by atoms with Gasteiger partial charge in [0.05, 0.1) is 19.0 Å². The molecular formula is C13H16ClN3O. The molecule has 0 fully saturated rings. The van der Waals surface area contributed by atoms with E-state index in [2.05, 4.69) is 9.97 Å². The van der Waals surface area contributed by atoms with E-state index in [9.17, 15) is 0 Å². The Balaban J connectivity index is 2.42. The number of imidazole rings is 1. The maximum Gasteiger partial charge on any atom is 0.128 e. The van der Waals surface area contributed by atoms with Crippen molar-refractivity contribution in [2.75, 3.05) is 13.7 Å². The van der Waals surface area contributed by atoms with E-state index in [-0.39, 0.29) is 5.92 Å². The largest absolute Gasteiger partial charge is 0.496 e. The van der Waals surface area contributed by atoms with Gasteiger partial charge in [-0.25, -0.2) is 4.98 Å². The topological polar surface area (TPSA) is 63.9 Å².